The summed E-state index contributed by atoms with van der Waals surface area (Å²) in [6.07, 6.45) is 12.2. The second-order valence-electron chi connectivity index (χ2n) is 12.0. The second-order valence-corrected chi connectivity index (χ2v) is 13.7. The highest BCUT2D eigenvalue weighted by atomic mass is 35.5. The lowest BCUT2D eigenvalue weighted by Crippen LogP contribution is -2.48. The second kappa shape index (κ2) is 17.0. The van der Waals surface area contributed by atoms with Crippen molar-refractivity contribution in [3.8, 4) is 11.5 Å². The summed E-state index contributed by atoms with van der Waals surface area (Å²) in [6, 6.07) is 12.6. The molecule has 0 unspecified atom stereocenters. The number of hydrogen-bond donors (Lipinski definition) is 1. The largest absolute Gasteiger partial charge is 0.465 e. The van der Waals surface area contributed by atoms with Crippen LogP contribution >= 0.6 is 12.4 Å². The van der Waals surface area contributed by atoms with Gasteiger partial charge in [-0.05, 0) is 73.9 Å². The van der Waals surface area contributed by atoms with Crippen molar-refractivity contribution in [1.29, 1.82) is 0 Å². The predicted molar refractivity (Wildman–Crippen MR) is 176 cm³/mol. The number of nitrogens with zero attached hydrogens (tertiary/aromatic N) is 2. The van der Waals surface area contributed by atoms with Crippen molar-refractivity contribution in [2.24, 2.45) is 5.92 Å². The van der Waals surface area contributed by atoms with Gasteiger partial charge in [-0.15, -0.1) is 12.4 Å². The number of hydrogen-bond acceptors (Lipinski definition) is 7. The van der Waals surface area contributed by atoms with Gasteiger partial charge in [0.15, 0.2) is 0 Å². The highest BCUT2D eigenvalue weighted by Gasteiger charge is 2.29. The van der Waals surface area contributed by atoms with Crippen LogP contribution in [-0.4, -0.2) is 69.1 Å². The number of likely N-dealkylation sites (tertiary alicyclic amines) is 1. The molecule has 0 bridgehead atoms. The number of methoxy groups -OCH3 is 1. The Hall–Kier alpha value is -2.82. The molecule has 2 aromatic carbocycles. The maximum absolute atomic E-state index is 13.3. The Balaban J connectivity index is 0.00000529. The normalized spacial score (nSPS) is 16.5. The fourth-order valence-electron chi connectivity index (χ4n) is 6.20. The summed E-state index contributed by atoms with van der Waals surface area (Å²) in [5, 5.41) is 0. The molecule has 0 spiro atoms. The van der Waals surface area contributed by atoms with Gasteiger partial charge in [0.05, 0.1) is 13.4 Å². The Morgan fingerprint density at radius 2 is 1.68 bits per heavy atom. The van der Waals surface area contributed by atoms with Crippen LogP contribution in [-0.2, 0) is 26.1 Å². The van der Waals surface area contributed by atoms with Crippen LogP contribution in [0.4, 0.5) is 5.69 Å². The number of nitrogens with one attached hydrogen (secondary N) is 1. The summed E-state index contributed by atoms with van der Waals surface area (Å²) in [4.78, 5) is 30.4. The van der Waals surface area contributed by atoms with Gasteiger partial charge in [-0.2, -0.15) is 0 Å². The molecule has 244 valence electrons. The first-order valence-electron chi connectivity index (χ1n) is 15.6. The van der Waals surface area contributed by atoms with E-state index in [-0.39, 0.29) is 29.4 Å². The van der Waals surface area contributed by atoms with E-state index in [0.29, 0.717) is 23.6 Å². The van der Waals surface area contributed by atoms with Crippen LogP contribution in [0.5, 0.6) is 11.5 Å². The van der Waals surface area contributed by atoms with E-state index in [4.69, 9.17) is 9.47 Å². The van der Waals surface area contributed by atoms with Crippen molar-refractivity contribution in [1.82, 2.24) is 9.80 Å². The van der Waals surface area contributed by atoms with Crippen molar-refractivity contribution in [2.45, 2.75) is 83.7 Å². The number of esters is 1. The topological polar surface area (TPSA) is 105 Å². The lowest BCUT2D eigenvalue weighted by atomic mass is 9.86. The summed E-state index contributed by atoms with van der Waals surface area (Å²) in [5.41, 5.74) is 1.52. The highest BCUT2D eigenvalue weighted by molar-refractivity contribution is 7.92. The maximum atomic E-state index is 13.3. The van der Waals surface area contributed by atoms with Crippen LogP contribution in [0.2, 0.25) is 0 Å². The third-order valence-corrected chi connectivity index (χ3v) is 9.11. The smallest absolute Gasteiger partial charge is 0.341 e. The summed E-state index contributed by atoms with van der Waals surface area (Å²) in [6.45, 7) is 5.80. The average molecular weight is 650 g/mol. The summed E-state index contributed by atoms with van der Waals surface area (Å²) < 4.78 is 36.4. The zero-order valence-electron chi connectivity index (χ0n) is 26.3. The number of unbranched alkanes of at least 4 members (excludes halogenated alkanes) is 1. The van der Waals surface area contributed by atoms with Crippen LogP contribution in [0, 0.1) is 5.92 Å². The van der Waals surface area contributed by atoms with E-state index in [1.54, 1.807) is 6.07 Å². The number of anilines is 1. The van der Waals surface area contributed by atoms with Gasteiger partial charge in [0, 0.05) is 44.3 Å². The summed E-state index contributed by atoms with van der Waals surface area (Å²) >= 11 is 0. The number of rotatable bonds is 13. The minimum Gasteiger partial charge on any atom is -0.465 e. The third-order valence-electron chi connectivity index (χ3n) is 8.50. The van der Waals surface area contributed by atoms with E-state index in [0.717, 1.165) is 70.1 Å². The maximum Gasteiger partial charge on any atom is 0.341 e. The minimum atomic E-state index is -3.50. The van der Waals surface area contributed by atoms with Gasteiger partial charge in [-0.3, -0.25) is 14.4 Å². The fraction of sp³-hybridized carbons (Fsp3) is 0.576. The first-order valence-corrected chi connectivity index (χ1v) is 17.5. The molecule has 4 rings (SSSR count). The lowest BCUT2D eigenvalue weighted by molar-refractivity contribution is -0.136. The third kappa shape index (κ3) is 10.7. The molecule has 2 fully saturated rings. The zero-order chi connectivity index (χ0) is 30.8. The zero-order valence-corrected chi connectivity index (χ0v) is 27.9. The molecule has 0 radical (unpaired) electrons. The van der Waals surface area contributed by atoms with Crippen LogP contribution in [0.3, 0.4) is 0 Å². The quantitative estimate of drug-likeness (QED) is 0.243. The standard InChI is InChI=1S/C33H47N3O6S.ClH/c1-4-5-19-36(32(37)22-25-9-7-6-8-10-25)28-17-20-35(21-18-28)24-26-11-14-29(15-12-26)42-31-16-13-27(34-43(3,39)40)23-30(31)33(38)41-2;/h11-16,23,25,28,34H,4-10,17-22,24H2,1-3H3;1H. The van der Waals surface area contributed by atoms with Gasteiger partial charge < -0.3 is 14.4 Å². The molecule has 1 saturated carbocycles. The van der Waals surface area contributed by atoms with Crippen molar-refractivity contribution in [3.63, 3.8) is 0 Å². The number of ether oxygens (including phenoxy) is 2. The van der Waals surface area contributed by atoms with Gasteiger partial charge in [0.25, 0.3) is 0 Å². The van der Waals surface area contributed by atoms with Gasteiger partial charge in [0.2, 0.25) is 15.9 Å². The molecule has 2 aliphatic rings. The van der Waals surface area contributed by atoms with E-state index in [1.165, 1.54) is 51.3 Å². The SMILES string of the molecule is CCCCN(C(=O)CC1CCCCC1)C1CCN(Cc2ccc(Oc3ccc(NS(C)(=O)=O)cc3C(=O)OC)cc2)CC1.Cl. The number of sulfonamides is 1. The Bertz CT molecular complexity index is 1320. The van der Waals surface area contributed by atoms with Crippen molar-refractivity contribution in [2.75, 3.05) is 37.7 Å². The molecule has 44 heavy (non-hydrogen) atoms. The van der Waals surface area contributed by atoms with Crippen LogP contribution in [0.15, 0.2) is 42.5 Å². The first-order chi connectivity index (χ1) is 20.6. The molecule has 1 heterocycles. The van der Waals surface area contributed by atoms with E-state index < -0.39 is 16.0 Å². The number of halogens is 1. The van der Waals surface area contributed by atoms with E-state index >= 15 is 0 Å². The average Bonchev–Trinajstić information content (AvgIpc) is 2.99. The van der Waals surface area contributed by atoms with Crippen molar-refractivity contribution < 1.29 is 27.5 Å². The number of amides is 1. The number of carbonyl (C=O) groups excluding carboxylic acids is 2. The first kappa shape index (κ1) is 35.7. The summed E-state index contributed by atoms with van der Waals surface area (Å²) in [5.74, 6) is 1.13. The molecule has 2 aromatic rings. The van der Waals surface area contributed by atoms with E-state index in [1.807, 2.05) is 24.3 Å². The molecule has 1 amide bonds. The lowest BCUT2D eigenvalue weighted by Gasteiger charge is -2.39. The number of carbonyl (C=O) groups is 2. The molecule has 1 aliphatic heterocycles. The molecule has 0 aromatic heterocycles. The number of benzene rings is 2. The minimum absolute atomic E-state index is 0. The molecular formula is C33H48ClN3O6S. The molecule has 1 saturated heterocycles. The molecule has 1 aliphatic carbocycles. The monoisotopic (exact) mass is 649 g/mol. The van der Waals surface area contributed by atoms with Crippen LogP contribution in [0.1, 0.15) is 87.1 Å². The Kier molecular flexibility index (Phi) is 13.8. The molecule has 11 heteroatoms. The summed E-state index contributed by atoms with van der Waals surface area (Å²) in [7, 11) is -2.24. The molecule has 1 N–H and O–H groups in total. The van der Waals surface area contributed by atoms with Crippen molar-refractivity contribution in [3.05, 3.63) is 53.6 Å². The van der Waals surface area contributed by atoms with Gasteiger partial charge in [0.1, 0.15) is 17.1 Å². The highest BCUT2D eigenvalue weighted by Crippen LogP contribution is 2.31. The van der Waals surface area contributed by atoms with Crippen LogP contribution in [0.25, 0.3) is 0 Å². The molecule has 0 atom stereocenters. The Morgan fingerprint density at radius 1 is 1.00 bits per heavy atom. The Morgan fingerprint density at radius 3 is 2.30 bits per heavy atom. The molecule has 9 nitrogen and oxygen atoms in total. The van der Waals surface area contributed by atoms with E-state index in [9.17, 15) is 18.0 Å². The number of piperidine rings is 1. The van der Waals surface area contributed by atoms with Crippen LogP contribution < -0.4 is 9.46 Å². The van der Waals surface area contributed by atoms with Crippen molar-refractivity contribution >= 4 is 40.0 Å². The molecular weight excluding hydrogens is 602 g/mol. The predicted octanol–water partition coefficient (Wildman–Crippen LogP) is 6.62. The Labute approximate surface area is 269 Å². The fourth-order valence-corrected chi connectivity index (χ4v) is 6.75. The van der Waals surface area contributed by atoms with E-state index in [2.05, 4.69) is 21.4 Å². The van der Waals surface area contributed by atoms with Gasteiger partial charge in [-0.25, -0.2) is 13.2 Å². The van der Waals surface area contributed by atoms with Gasteiger partial charge in [-0.1, -0.05) is 44.7 Å². The van der Waals surface area contributed by atoms with Gasteiger partial charge >= 0.3 is 5.97 Å².